The maximum absolute atomic E-state index is 4.76. The zero-order valence-electron chi connectivity index (χ0n) is 16.9. The highest BCUT2D eigenvalue weighted by atomic mass is 15.3. The van der Waals surface area contributed by atoms with Gasteiger partial charge in [-0.1, -0.05) is 36.4 Å². The van der Waals surface area contributed by atoms with Crippen LogP contribution in [0.4, 0.5) is 11.6 Å². The van der Waals surface area contributed by atoms with Crippen molar-refractivity contribution in [3.63, 3.8) is 0 Å². The molecule has 0 saturated heterocycles. The summed E-state index contributed by atoms with van der Waals surface area (Å²) < 4.78 is 0. The SMILES string of the molecule is C(=NNc1ccccn1)c1ccc2ccc3ccc(C=NNc4ccccn4)nc3c2n1. The fourth-order valence-corrected chi connectivity index (χ4v) is 3.13. The van der Waals surface area contributed by atoms with Crippen molar-refractivity contribution in [3.8, 4) is 0 Å². The molecule has 0 radical (unpaired) electrons. The molecule has 4 heterocycles. The molecule has 32 heavy (non-hydrogen) atoms. The highest BCUT2D eigenvalue weighted by Gasteiger charge is 2.05. The number of pyridine rings is 4. The van der Waals surface area contributed by atoms with E-state index in [1.54, 1.807) is 24.8 Å². The first-order chi connectivity index (χ1) is 15.8. The molecule has 0 saturated carbocycles. The normalized spacial score (nSPS) is 11.5. The average Bonchev–Trinajstić information content (AvgIpc) is 2.85. The lowest BCUT2D eigenvalue weighted by molar-refractivity contribution is 1.22. The Morgan fingerprint density at radius 3 is 1.47 bits per heavy atom. The van der Waals surface area contributed by atoms with Crippen LogP contribution < -0.4 is 10.9 Å². The molecule has 1 aromatic carbocycles. The van der Waals surface area contributed by atoms with Crippen LogP contribution >= 0.6 is 0 Å². The molecule has 4 aromatic heterocycles. The number of aromatic nitrogens is 4. The lowest BCUT2D eigenvalue weighted by Gasteiger charge is -2.05. The van der Waals surface area contributed by atoms with Crippen LogP contribution in [0, 0.1) is 0 Å². The third-order valence-electron chi connectivity index (χ3n) is 4.64. The Bertz CT molecular complexity index is 1310. The van der Waals surface area contributed by atoms with Gasteiger partial charge in [0.25, 0.3) is 0 Å². The van der Waals surface area contributed by atoms with Gasteiger partial charge in [0.1, 0.15) is 11.6 Å². The van der Waals surface area contributed by atoms with Gasteiger partial charge >= 0.3 is 0 Å². The summed E-state index contributed by atoms with van der Waals surface area (Å²) in [5, 5.41) is 10.5. The summed E-state index contributed by atoms with van der Waals surface area (Å²) in [6, 6.07) is 23.1. The Labute approximate surface area is 183 Å². The van der Waals surface area contributed by atoms with Crippen molar-refractivity contribution in [1.29, 1.82) is 0 Å². The van der Waals surface area contributed by atoms with Gasteiger partial charge in [-0.25, -0.2) is 19.9 Å². The van der Waals surface area contributed by atoms with Gasteiger partial charge < -0.3 is 0 Å². The second-order valence-electron chi connectivity index (χ2n) is 6.85. The molecular formula is C24H18N8. The molecule has 8 nitrogen and oxygen atoms in total. The zero-order chi connectivity index (χ0) is 21.6. The van der Waals surface area contributed by atoms with E-state index in [9.17, 15) is 0 Å². The maximum atomic E-state index is 4.76. The van der Waals surface area contributed by atoms with Crippen molar-refractivity contribution in [2.45, 2.75) is 0 Å². The average molecular weight is 418 g/mol. The number of nitrogens with zero attached hydrogens (tertiary/aromatic N) is 6. The number of hydrazone groups is 2. The predicted molar refractivity (Wildman–Crippen MR) is 128 cm³/mol. The molecule has 0 unspecified atom stereocenters. The number of hydrogen-bond acceptors (Lipinski definition) is 8. The van der Waals surface area contributed by atoms with E-state index >= 15 is 0 Å². The quantitative estimate of drug-likeness (QED) is 0.240. The summed E-state index contributed by atoms with van der Waals surface area (Å²) in [4.78, 5) is 17.9. The first kappa shape index (κ1) is 19.3. The minimum atomic E-state index is 0.667. The number of fused-ring (bicyclic) bond motifs is 3. The molecule has 0 aliphatic rings. The van der Waals surface area contributed by atoms with Gasteiger partial charge in [-0.3, -0.25) is 10.9 Å². The van der Waals surface area contributed by atoms with E-state index < -0.39 is 0 Å². The lowest BCUT2D eigenvalue weighted by atomic mass is 10.1. The van der Waals surface area contributed by atoms with Crippen molar-refractivity contribution in [3.05, 3.63) is 96.6 Å². The van der Waals surface area contributed by atoms with Crippen molar-refractivity contribution >= 4 is 45.9 Å². The molecule has 5 aromatic rings. The highest BCUT2D eigenvalue weighted by molar-refractivity contribution is 6.04. The second-order valence-corrected chi connectivity index (χ2v) is 6.85. The van der Waals surface area contributed by atoms with Crippen LogP contribution in [0.3, 0.4) is 0 Å². The molecule has 0 atom stereocenters. The molecule has 5 rings (SSSR count). The Kier molecular flexibility index (Phi) is 5.40. The van der Waals surface area contributed by atoms with Crippen LogP contribution in [0.1, 0.15) is 11.4 Å². The first-order valence-corrected chi connectivity index (χ1v) is 9.96. The number of benzene rings is 1. The van der Waals surface area contributed by atoms with Gasteiger partial charge in [-0.2, -0.15) is 10.2 Å². The Hall–Kier alpha value is -4.72. The van der Waals surface area contributed by atoms with Crippen molar-refractivity contribution in [1.82, 2.24) is 19.9 Å². The van der Waals surface area contributed by atoms with Crippen LogP contribution in [-0.4, -0.2) is 32.4 Å². The monoisotopic (exact) mass is 418 g/mol. The van der Waals surface area contributed by atoms with Gasteiger partial charge in [0, 0.05) is 23.2 Å². The van der Waals surface area contributed by atoms with E-state index in [4.69, 9.17) is 9.97 Å². The van der Waals surface area contributed by atoms with E-state index in [-0.39, 0.29) is 0 Å². The van der Waals surface area contributed by atoms with Gasteiger partial charge in [-0.15, -0.1) is 0 Å². The molecule has 0 amide bonds. The third-order valence-corrected chi connectivity index (χ3v) is 4.64. The Morgan fingerprint density at radius 2 is 1.03 bits per heavy atom. The largest absolute Gasteiger partial charge is 0.261 e. The van der Waals surface area contributed by atoms with Crippen LogP contribution in [0.25, 0.3) is 21.8 Å². The van der Waals surface area contributed by atoms with Crippen LogP contribution in [0.2, 0.25) is 0 Å². The molecular weight excluding hydrogens is 400 g/mol. The van der Waals surface area contributed by atoms with Crippen LogP contribution in [0.5, 0.6) is 0 Å². The number of rotatable bonds is 6. The second kappa shape index (κ2) is 8.97. The summed E-state index contributed by atoms with van der Waals surface area (Å²) in [6.45, 7) is 0. The first-order valence-electron chi connectivity index (χ1n) is 9.96. The maximum Gasteiger partial charge on any atom is 0.146 e. The summed E-state index contributed by atoms with van der Waals surface area (Å²) in [5.74, 6) is 1.33. The highest BCUT2D eigenvalue weighted by Crippen LogP contribution is 2.22. The van der Waals surface area contributed by atoms with E-state index in [0.29, 0.717) is 23.0 Å². The van der Waals surface area contributed by atoms with E-state index in [2.05, 4.69) is 31.0 Å². The Balaban J connectivity index is 1.43. The molecule has 154 valence electrons. The number of nitrogens with one attached hydrogen (secondary N) is 2. The summed E-state index contributed by atoms with van der Waals surface area (Å²) in [6.07, 6.45) is 6.73. The summed E-state index contributed by atoms with van der Waals surface area (Å²) >= 11 is 0. The molecule has 0 bridgehead atoms. The van der Waals surface area contributed by atoms with Gasteiger partial charge in [0.15, 0.2) is 0 Å². The van der Waals surface area contributed by atoms with Gasteiger partial charge in [0.05, 0.1) is 34.9 Å². The smallest absolute Gasteiger partial charge is 0.146 e. The molecule has 0 aliphatic carbocycles. The third kappa shape index (κ3) is 4.39. The summed E-state index contributed by atoms with van der Waals surface area (Å²) in [7, 11) is 0. The van der Waals surface area contributed by atoms with Crippen molar-refractivity contribution in [2.75, 3.05) is 10.9 Å². The summed E-state index contributed by atoms with van der Waals surface area (Å²) in [5.41, 5.74) is 8.83. The fraction of sp³-hybridized carbons (Fsp3) is 0. The molecule has 0 fully saturated rings. The van der Waals surface area contributed by atoms with Crippen LogP contribution in [-0.2, 0) is 0 Å². The van der Waals surface area contributed by atoms with E-state index in [1.807, 2.05) is 72.8 Å². The topological polar surface area (TPSA) is 100 Å². The van der Waals surface area contributed by atoms with Crippen LogP contribution in [0.15, 0.2) is 95.4 Å². The molecule has 0 aliphatic heterocycles. The van der Waals surface area contributed by atoms with E-state index in [0.717, 1.165) is 21.8 Å². The lowest BCUT2D eigenvalue weighted by Crippen LogP contribution is -1.97. The van der Waals surface area contributed by atoms with Crippen molar-refractivity contribution < 1.29 is 0 Å². The zero-order valence-corrected chi connectivity index (χ0v) is 16.9. The molecule has 0 spiro atoms. The van der Waals surface area contributed by atoms with Crippen molar-refractivity contribution in [2.24, 2.45) is 10.2 Å². The standard InChI is InChI=1S/C24H18N8/c1-3-13-25-21(5-1)31-27-15-19-11-9-17-7-8-18-10-12-20(30-24(18)23(17)29-19)16-28-32-22-6-2-4-14-26-22/h1-16H,(H,25,31)(H,26,32). The van der Waals surface area contributed by atoms with E-state index in [1.165, 1.54) is 0 Å². The predicted octanol–water partition coefficient (Wildman–Crippen LogP) is 4.47. The minimum Gasteiger partial charge on any atom is -0.261 e. The number of hydrogen-bond donors (Lipinski definition) is 2. The van der Waals surface area contributed by atoms with Gasteiger partial charge in [0.2, 0.25) is 0 Å². The Morgan fingerprint density at radius 1 is 0.562 bits per heavy atom. The number of anilines is 2. The minimum absolute atomic E-state index is 0.667. The fourth-order valence-electron chi connectivity index (χ4n) is 3.13. The van der Waals surface area contributed by atoms with Gasteiger partial charge in [-0.05, 0) is 36.4 Å². The molecule has 2 N–H and O–H groups in total. The molecule has 8 heteroatoms.